The molecule has 0 radical (unpaired) electrons. The highest BCUT2D eigenvalue weighted by Gasteiger charge is 2.31. The van der Waals surface area contributed by atoms with Gasteiger partial charge in [-0.15, -0.1) is 13.2 Å². The van der Waals surface area contributed by atoms with E-state index in [0.29, 0.717) is 12.3 Å². The van der Waals surface area contributed by atoms with Crippen molar-refractivity contribution in [3.05, 3.63) is 29.8 Å². The molecular formula is C13H18F3NO. The van der Waals surface area contributed by atoms with Gasteiger partial charge in [-0.05, 0) is 36.5 Å². The number of rotatable bonds is 5. The summed E-state index contributed by atoms with van der Waals surface area (Å²) in [5, 5.41) is 0. The maximum Gasteiger partial charge on any atom is 0.573 e. The lowest BCUT2D eigenvalue weighted by atomic mass is 9.98. The normalized spacial score (nSPS) is 13.7. The Labute approximate surface area is 105 Å². The molecule has 0 saturated heterocycles. The largest absolute Gasteiger partial charge is 0.573 e. The Bertz CT molecular complexity index is 377. The van der Waals surface area contributed by atoms with Crippen LogP contribution < -0.4 is 10.5 Å². The van der Waals surface area contributed by atoms with E-state index < -0.39 is 6.36 Å². The van der Waals surface area contributed by atoms with Gasteiger partial charge in [0, 0.05) is 6.04 Å². The highest BCUT2D eigenvalue weighted by atomic mass is 19.4. The van der Waals surface area contributed by atoms with Crippen LogP contribution in [0.5, 0.6) is 5.75 Å². The summed E-state index contributed by atoms with van der Waals surface area (Å²) in [6.45, 7) is 4.12. The number of alkyl halides is 3. The maximum atomic E-state index is 12.1. The van der Waals surface area contributed by atoms with Gasteiger partial charge in [0.05, 0.1) is 0 Å². The van der Waals surface area contributed by atoms with Gasteiger partial charge in [-0.1, -0.05) is 26.0 Å². The first kappa shape index (κ1) is 14.8. The lowest BCUT2D eigenvalue weighted by Crippen LogP contribution is -2.24. The average molecular weight is 261 g/mol. The quantitative estimate of drug-likeness (QED) is 0.880. The summed E-state index contributed by atoms with van der Waals surface area (Å²) in [4.78, 5) is 0. The van der Waals surface area contributed by atoms with Crippen LogP contribution in [0.1, 0.15) is 25.8 Å². The van der Waals surface area contributed by atoms with Crippen LogP contribution in [0.25, 0.3) is 0 Å². The van der Waals surface area contributed by atoms with E-state index >= 15 is 0 Å². The molecule has 0 aliphatic heterocycles. The van der Waals surface area contributed by atoms with E-state index in [-0.39, 0.29) is 11.8 Å². The first-order valence-electron chi connectivity index (χ1n) is 5.86. The van der Waals surface area contributed by atoms with Crippen molar-refractivity contribution in [1.29, 1.82) is 0 Å². The van der Waals surface area contributed by atoms with Gasteiger partial charge in [-0.3, -0.25) is 0 Å². The number of nitrogens with two attached hydrogens (primary N) is 1. The molecule has 0 aliphatic rings. The molecule has 5 heteroatoms. The number of halogens is 3. The molecule has 0 heterocycles. The molecule has 0 aromatic heterocycles. The Morgan fingerprint density at radius 3 is 2.50 bits per heavy atom. The zero-order valence-electron chi connectivity index (χ0n) is 10.5. The molecule has 1 aromatic carbocycles. The van der Waals surface area contributed by atoms with Gasteiger partial charge < -0.3 is 10.5 Å². The Kier molecular flexibility index (Phi) is 5.02. The monoisotopic (exact) mass is 261 g/mol. The van der Waals surface area contributed by atoms with Gasteiger partial charge in [-0.25, -0.2) is 0 Å². The summed E-state index contributed by atoms with van der Waals surface area (Å²) < 4.78 is 40.0. The zero-order chi connectivity index (χ0) is 13.8. The van der Waals surface area contributed by atoms with E-state index in [1.165, 1.54) is 12.1 Å². The van der Waals surface area contributed by atoms with Crippen molar-refractivity contribution < 1.29 is 17.9 Å². The molecule has 0 bridgehead atoms. The van der Waals surface area contributed by atoms with E-state index in [2.05, 4.69) is 18.6 Å². The summed E-state index contributed by atoms with van der Waals surface area (Å²) in [6.07, 6.45) is -3.27. The van der Waals surface area contributed by atoms with Crippen LogP contribution in [0.4, 0.5) is 13.2 Å². The van der Waals surface area contributed by atoms with Crippen LogP contribution in [0.3, 0.4) is 0 Å². The molecule has 1 aromatic rings. The van der Waals surface area contributed by atoms with Crippen molar-refractivity contribution in [3.8, 4) is 5.75 Å². The van der Waals surface area contributed by atoms with Crippen molar-refractivity contribution >= 4 is 0 Å². The number of ether oxygens (including phenoxy) is 1. The molecule has 102 valence electrons. The topological polar surface area (TPSA) is 35.2 Å². The van der Waals surface area contributed by atoms with Crippen molar-refractivity contribution in [2.45, 2.75) is 39.1 Å². The Morgan fingerprint density at radius 1 is 1.28 bits per heavy atom. The Morgan fingerprint density at radius 2 is 1.94 bits per heavy atom. The van der Waals surface area contributed by atoms with Crippen molar-refractivity contribution in [3.63, 3.8) is 0 Å². The van der Waals surface area contributed by atoms with Crippen LogP contribution in [-0.4, -0.2) is 12.4 Å². The first-order valence-corrected chi connectivity index (χ1v) is 5.86. The van der Waals surface area contributed by atoms with Crippen LogP contribution in [0.2, 0.25) is 0 Å². The van der Waals surface area contributed by atoms with Gasteiger partial charge in [0.25, 0.3) is 0 Å². The minimum absolute atomic E-state index is 0.0499. The third-order valence-corrected chi connectivity index (χ3v) is 2.40. The van der Waals surface area contributed by atoms with E-state index in [4.69, 9.17) is 5.73 Å². The predicted octanol–water partition coefficient (Wildman–Crippen LogP) is 3.50. The SMILES string of the molecule is CC(C)CC(N)Cc1cccc(OC(F)(F)F)c1. The smallest absolute Gasteiger partial charge is 0.406 e. The van der Waals surface area contributed by atoms with Crippen molar-refractivity contribution in [2.24, 2.45) is 11.7 Å². The van der Waals surface area contributed by atoms with Gasteiger partial charge in [0.1, 0.15) is 5.75 Å². The number of hydrogen-bond donors (Lipinski definition) is 1. The van der Waals surface area contributed by atoms with E-state index in [1.807, 2.05) is 0 Å². The summed E-state index contributed by atoms with van der Waals surface area (Å²) in [6, 6.07) is 5.91. The van der Waals surface area contributed by atoms with Gasteiger partial charge in [0.15, 0.2) is 0 Å². The lowest BCUT2D eigenvalue weighted by Gasteiger charge is -2.15. The first-order chi connectivity index (χ1) is 8.26. The van der Waals surface area contributed by atoms with Crippen molar-refractivity contribution in [2.75, 3.05) is 0 Å². The van der Waals surface area contributed by atoms with Crippen molar-refractivity contribution in [1.82, 2.24) is 0 Å². The lowest BCUT2D eigenvalue weighted by molar-refractivity contribution is -0.274. The van der Waals surface area contributed by atoms with E-state index in [9.17, 15) is 13.2 Å². The van der Waals surface area contributed by atoms with Gasteiger partial charge >= 0.3 is 6.36 Å². The summed E-state index contributed by atoms with van der Waals surface area (Å²) in [7, 11) is 0. The average Bonchev–Trinajstić information content (AvgIpc) is 2.13. The fraction of sp³-hybridized carbons (Fsp3) is 0.538. The molecule has 0 spiro atoms. The predicted molar refractivity (Wildman–Crippen MR) is 64.3 cm³/mol. The third kappa shape index (κ3) is 5.91. The van der Waals surface area contributed by atoms with Gasteiger partial charge in [0.2, 0.25) is 0 Å². The molecule has 0 saturated carbocycles. The molecular weight excluding hydrogens is 243 g/mol. The van der Waals surface area contributed by atoms with E-state index in [1.54, 1.807) is 12.1 Å². The maximum absolute atomic E-state index is 12.1. The molecule has 18 heavy (non-hydrogen) atoms. The minimum Gasteiger partial charge on any atom is -0.406 e. The molecule has 1 rings (SSSR count). The molecule has 0 fully saturated rings. The fourth-order valence-electron chi connectivity index (χ4n) is 1.86. The minimum atomic E-state index is -4.65. The second-order valence-corrected chi connectivity index (χ2v) is 4.79. The molecule has 0 amide bonds. The van der Waals surface area contributed by atoms with Crippen LogP contribution in [0.15, 0.2) is 24.3 Å². The summed E-state index contributed by atoms with van der Waals surface area (Å²) >= 11 is 0. The fourth-order valence-corrected chi connectivity index (χ4v) is 1.86. The second-order valence-electron chi connectivity index (χ2n) is 4.79. The molecule has 2 N–H and O–H groups in total. The van der Waals surface area contributed by atoms with Crippen LogP contribution >= 0.6 is 0 Å². The Hall–Kier alpha value is -1.23. The highest BCUT2D eigenvalue weighted by molar-refractivity contribution is 5.29. The standard InChI is InChI=1S/C13H18F3NO/c1-9(2)6-11(17)7-10-4-3-5-12(8-10)18-13(14,15)16/h3-5,8-9,11H,6-7,17H2,1-2H3. The summed E-state index contributed by atoms with van der Waals surface area (Å²) in [5.74, 6) is 0.270. The molecule has 1 unspecified atom stereocenters. The number of hydrogen-bond acceptors (Lipinski definition) is 2. The number of benzene rings is 1. The Balaban J connectivity index is 2.65. The molecule has 2 nitrogen and oxygen atoms in total. The van der Waals surface area contributed by atoms with Gasteiger partial charge in [-0.2, -0.15) is 0 Å². The molecule has 1 atom stereocenters. The summed E-state index contributed by atoms with van der Waals surface area (Å²) in [5.41, 5.74) is 6.68. The highest BCUT2D eigenvalue weighted by Crippen LogP contribution is 2.23. The van der Waals surface area contributed by atoms with Crippen LogP contribution in [-0.2, 0) is 6.42 Å². The van der Waals surface area contributed by atoms with Crippen LogP contribution in [0, 0.1) is 5.92 Å². The second kappa shape index (κ2) is 6.09. The third-order valence-electron chi connectivity index (χ3n) is 2.40. The zero-order valence-corrected chi connectivity index (χ0v) is 10.5. The van der Waals surface area contributed by atoms with E-state index in [0.717, 1.165) is 12.0 Å². The molecule has 0 aliphatic carbocycles.